The number of nitrogens with zero attached hydrogens (tertiary/aromatic N) is 2. The van der Waals surface area contributed by atoms with E-state index in [0.717, 1.165) is 38.4 Å². The third kappa shape index (κ3) is 1.76. The van der Waals surface area contributed by atoms with E-state index < -0.39 is 0 Å². The highest BCUT2D eigenvalue weighted by molar-refractivity contribution is 5.12. The van der Waals surface area contributed by atoms with Crippen LogP contribution in [-0.4, -0.2) is 22.6 Å². The second-order valence-corrected chi connectivity index (χ2v) is 5.06. The maximum absolute atomic E-state index is 6.09. The average Bonchev–Trinajstić information content (AvgIpc) is 2.90. The highest BCUT2D eigenvalue weighted by Gasteiger charge is 2.23. The van der Waals surface area contributed by atoms with Crippen molar-refractivity contribution in [3.05, 3.63) is 17.7 Å². The van der Waals surface area contributed by atoms with Gasteiger partial charge in [-0.1, -0.05) is 0 Å². The maximum atomic E-state index is 6.09. The summed E-state index contributed by atoms with van der Waals surface area (Å²) in [6.07, 6.45) is 6.69. The van der Waals surface area contributed by atoms with E-state index >= 15 is 0 Å². The average molecular weight is 220 g/mol. The molecule has 2 atom stereocenters. The molecule has 4 heteroatoms. The second-order valence-electron chi connectivity index (χ2n) is 5.06. The van der Waals surface area contributed by atoms with Gasteiger partial charge in [0.05, 0.1) is 11.9 Å². The van der Waals surface area contributed by atoms with Crippen molar-refractivity contribution in [3.63, 3.8) is 0 Å². The Morgan fingerprint density at radius 1 is 1.50 bits per heavy atom. The van der Waals surface area contributed by atoms with E-state index in [1.54, 1.807) is 0 Å². The number of imidazole rings is 1. The molecule has 2 aliphatic heterocycles. The molecule has 2 aliphatic rings. The van der Waals surface area contributed by atoms with Gasteiger partial charge in [0.1, 0.15) is 5.82 Å². The summed E-state index contributed by atoms with van der Waals surface area (Å²) in [5, 5.41) is 3.41. The lowest BCUT2D eigenvalue weighted by Crippen LogP contribution is -2.23. The minimum atomic E-state index is 0.205. The van der Waals surface area contributed by atoms with Crippen molar-refractivity contribution in [3.8, 4) is 0 Å². The fraction of sp³-hybridized carbons (Fsp3) is 0.750. The molecule has 1 aromatic rings. The number of aromatic nitrogens is 2. The number of hydrogen-bond donors (Lipinski definition) is 2. The summed E-state index contributed by atoms with van der Waals surface area (Å²) < 4.78 is 2.35. The number of rotatable bonds is 2. The summed E-state index contributed by atoms with van der Waals surface area (Å²) in [7, 11) is 0. The molecule has 0 amide bonds. The van der Waals surface area contributed by atoms with Crippen LogP contribution in [0.1, 0.15) is 36.8 Å². The van der Waals surface area contributed by atoms with Gasteiger partial charge in [0.25, 0.3) is 0 Å². The predicted molar refractivity (Wildman–Crippen MR) is 63.1 cm³/mol. The molecule has 0 bridgehead atoms. The Bertz CT molecular complexity index is 365. The summed E-state index contributed by atoms with van der Waals surface area (Å²) in [4.78, 5) is 4.57. The van der Waals surface area contributed by atoms with E-state index in [-0.39, 0.29) is 6.04 Å². The van der Waals surface area contributed by atoms with Gasteiger partial charge < -0.3 is 15.6 Å². The van der Waals surface area contributed by atoms with Crippen LogP contribution in [0.4, 0.5) is 0 Å². The Hall–Kier alpha value is -0.870. The van der Waals surface area contributed by atoms with Crippen molar-refractivity contribution in [1.82, 2.24) is 14.9 Å². The van der Waals surface area contributed by atoms with Crippen LogP contribution in [0.15, 0.2) is 6.20 Å². The smallest absolute Gasteiger partial charge is 0.109 e. The lowest BCUT2D eigenvalue weighted by molar-refractivity contribution is 0.439. The van der Waals surface area contributed by atoms with E-state index in [9.17, 15) is 0 Å². The standard InChI is InChI=1S/C12H20N4/c13-10-2-1-5-16-11(10)8-15-12(16)6-9-3-4-14-7-9/h8-10,14H,1-7,13H2. The van der Waals surface area contributed by atoms with Crippen LogP contribution in [0.2, 0.25) is 0 Å². The SMILES string of the molecule is NC1CCCn2c1cnc2CC1CCNC1. The number of fused-ring (bicyclic) bond motifs is 1. The monoisotopic (exact) mass is 220 g/mol. The quantitative estimate of drug-likeness (QED) is 0.776. The molecule has 1 fully saturated rings. The zero-order valence-corrected chi connectivity index (χ0v) is 9.65. The van der Waals surface area contributed by atoms with Gasteiger partial charge in [-0.25, -0.2) is 4.98 Å². The Morgan fingerprint density at radius 3 is 3.25 bits per heavy atom. The van der Waals surface area contributed by atoms with Gasteiger partial charge in [-0.05, 0) is 38.3 Å². The third-order valence-electron chi connectivity index (χ3n) is 3.88. The molecule has 88 valence electrons. The fourth-order valence-corrected chi connectivity index (χ4v) is 2.91. The first-order valence-electron chi connectivity index (χ1n) is 6.35. The Balaban J connectivity index is 1.79. The second kappa shape index (κ2) is 4.18. The molecular formula is C12H20N4. The van der Waals surface area contributed by atoms with Gasteiger partial charge in [0.15, 0.2) is 0 Å². The van der Waals surface area contributed by atoms with Crippen LogP contribution < -0.4 is 11.1 Å². The van der Waals surface area contributed by atoms with Crippen molar-refractivity contribution in [2.75, 3.05) is 13.1 Å². The molecule has 0 saturated carbocycles. The van der Waals surface area contributed by atoms with Gasteiger partial charge in [0.2, 0.25) is 0 Å². The van der Waals surface area contributed by atoms with Crippen molar-refractivity contribution >= 4 is 0 Å². The molecule has 16 heavy (non-hydrogen) atoms. The van der Waals surface area contributed by atoms with Gasteiger partial charge in [0, 0.05) is 19.0 Å². The summed E-state index contributed by atoms with van der Waals surface area (Å²) in [6.45, 7) is 3.42. The first-order valence-corrected chi connectivity index (χ1v) is 6.35. The topological polar surface area (TPSA) is 55.9 Å². The summed E-state index contributed by atoms with van der Waals surface area (Å²) >= 11 is 0. The molecule has 3 heterocycles. The molecule has 0 aromatic carbocycles. The van der Waals surface area contributed by atoms with Crippen LogP contribution in [-0.2, 0) is 13.0 Å². The minimum Gasteiger partial charge on any atom is -0.331 e. The van der Waals surface area contributed by atoms with Gasteiger partial charge in [-0.15, -0.1) is 0 Å². The first-order chi connectivity index (χ1) is 7.84. The normalized spacial score (nSPS) is 29.3. The Labute approximate surface area is 96.2 Å². The van der Waals surface area contributed by atoms with Crippen molar-refractivity contribution in [1.29, 1.82) is 0 Å². The zero-order chi connectivity index (χ0) is 11.0. The van der Waals surface area contributed by atoms with Gasteiger partial charge >= 0.3 is 0 Å². The molecule has 4 nitrogen and oxygen atoms in total. The van der Waals surface area contributed by atoms with Crippen molar-refractivity contribution in [2.24, 2.45) is 11.7 Å². The third-order valence-corrected chi connectivity index (χ3v) is 3.88. The van der Waals surface area contributed by atoms with Crippen LogP contribution in [0.25, 0.3) is 0 Å². The van der Waals surface area contributed by atoms with Crippen molar-refractivity contribution < 1.29 is 0 Å². The van der Waals surface area contributed by atoms with E-state index in [0.29, 0.717) is 0 Å². The van der Waals surface area contributed by atoms with Crippen LogP contribution in [0.5, 0.6) is 0 Å². The molecule has 3 N–H and O–H groups in total. The highest BCUT2D eigenvalue weighted by atomic mass is 15.1. The molecular weight excluding hydrogens is 200 g/mol. The first kappa shape index (κ1) is 10.3. The molecule has 0 aliphatic carbocycles. The summed E-state index contributed by atoms with van der Waals surface area (Å²) in [6, 6.07) is 0.205. The largest absolute Gasteiger partial charge is 0.331 e. The van der Waals surface area contributed by atoms with Crippen molar-refractivity contribution in [2.45, 2.75) is 38.3 Å². The predicted octanol–water partition coefficient (Wildman–Crippen LogP) is 0.829. The summed E-state index contributed by atoms with van der Waals surface area (Å²) in [5.41, 5.74) is 7.34. The fourth-order valence-electron chi connectivity index (χ4n) is 2.91. The van der Waals surface area contributed by atoms with E-state index in [4.69, 9.17) is 5.73 Å². The van der Waals surface area contributed by atoms with E-state index in [2.05, 4.69) is 14.9 Å². The number of nitrogens with two attached hydrogens (primary N) is 1. The van der Waals surface area contributed by atoms with Gasteiger partial charge in [-0.2, -0.15) is 0 Å². The van der Waals surface area contributed by atoms with Crippen LogP contribution >= 0.6 is 0 Å². The molecule has 0 spiro atoms. The van der Waals surface area contributed by atoms with Crippen LogP contribution in [0, 0.1) is 5.92 Å². The summed E-state index contributed by atoms with van der Waals surface area (Å²) in [5.74, 6) is 2.02. The molecule has 1 saturated heterocycles. The van der Waals surface area contributed by atoms with E-state index in [1.807, 2.05) is 6.20 Å². The van der Waals surface area contributed by atoms with Gasteiger partial charge in [-0.3, -0.25) is 0 Å². The molecule has 1 aromatic heterocycles. The molecule has 3 rings (SSSR count). The molecule has 0 radical (unpaired) electrons. The number of nitrogens with one attached hydrogen (secondary N) is 1. The minimum absolute atomic E-state index is 0.205. The highest BCUT2D eigenvalue weighted by Crippen LogP contribution is 2.25. The lowest BCUT2D eigenvalue weighted by atomic mass is 10.0. The Morgan fingerprint density at radius 2 is 2.44 bits per heavy atom. The van der Waals surface area contributed by atoms with E-state index in [1.165, 1.54) is 24.4 Å². The maximum Gasteiger partial charge on any atom is 0.109 e. The Kier molecular flexibility index (Phi) is 2.69. The zero-order valence-electron chi connectivity index (χ0n) is 9.65. The lowest BCUT2D eigenvalue weighted by Gasteiger charge is -2.22. The number of hydrogen-bond acceptors (Lipinski definition) is 3. The van der Waals surface area contributed by atoms with Crippen LogP contribution in [0.3, 0.4) is 0 Å². The molecule has 2 unspecified atom stereocenters.